The van der Waals surface area contributed by atoms with Crippen LogP contribution in [0.25, 0.3) is 0 Å². The largest absolute Gasteiger partial charge is 0.493 e. The minimum absolute atomic E-state index is 0.0266. The highest BCUT2D eigenvalue weighted by Crippen LogP contribution is 2.44. The van der Waals surface area contributed by atoms with E-state index < -0.39 is 29.5 Å². The van der Waals surface area contributed by atoms with Crippen LogP contribution in [0.15, 0.2) is 42.5 Å². The molecule has 0 spiro atoms. The van der Waals surface area contributed by atoms with Crippen LogP contribution in [0.2, 0.25) is 0 Å². The first-order chi connectivity index (χ1) is 17.3. The summed E-state index contributed by atoms with van der Waals surface area (Å²) in [6, 6.07) is 11.0. The van der Waals surface area contributed by atoms with Gasteiger partial charge in [-0.3, -0.25) is 9.59 Å². The van der Waals surface area contributed by atoms with Crippen LogP contribution < -0.4 is 14.2 Å². The SMILES string of the molecule is COc1cc(C(F)(F)C(=O)N2C3CCC2C(=O)N(CCCCc2ccccc2)C3)cc(OC)c1OC. The summed E-state index contributed by atoms with van der Waals surface area (Å²) in [4.78, 5) is 29.2. The first kappa shape index (κ1) is 25.7. The van der Waals surface area contributed by atoms with Gasteiger partial charge in [-0.05, 0) is 49.8 Å². The van der Waals surface area contributed by atoms with Gasteiger partial charge in [0, 0.05) is 18.7 Å². The third kappa shape index (κ3) is 4.83. The fourth-order valence-corrected chi connectivity index (χ4v) is 5.19. The molecule has 2 unspecified atom stereocenters. The number of ether oxygens (including phenoxy) is 3. The first-order valence-corrected chi connectivity index (χ1v) is 12.2. The van der Waals surface area contributed by atoms with Crippen molar-refractivity contribution in [3.63, 3.8) is 0 Å². The lowest BCUT2D eigenvalue weighted by atomic mass is 10.0. The number of aryl methyl sites for hydroxylation is 1. The van der Waals surface area contributed by atoms with Gasteiger partial charge in [-0.2, -0.15) is 8.78 Å². The quantitative estimate of drug-likeness (QED) is 0.459. The normalized spacial score (nSPS) is 19.4. The molecule has 0 aromatic heterocycles. The number of nitrogens with zero attached hydrogens (tertiary/aromatic N) is 2. The van der Waals surface area contributed by atoms with Gasteiger partial charge in [0.25, 0.3) is 5.91 Å². The highest BCUT2D eigenvalue weighted by molar-refractivity contribution is 5.93. The second-order valence-corrected chi connectivity index (χ2v) is 9.17. The number of methoxy groups -OCH3 is 3. The fraction of sp³-hybridized carbons (Fsp3) is 0.481. The molecule has 2 aromatic carbocycles. The summed E-state index contributed by atoms with van der Waals surface area (Å²) in [5.41, 5.74) is 0.672. The van der Waals surface area contributed by atoms with Crippen LogP contribution in [-0.4, -0.2) is 68.1 Å². The molecule has 2 saturated heterocycles. The lowest BCUT2D eigenvalue weighted by molar-refractivity contribution is -0.170. The lowest BCUT2D eigenvalue weighted by Gasteiger charge is -2.41. The highest BCUT2D eigenvalue weighted by Gasteiger charge is 2.55. The molecule has 2 heterocycles. The molecule has 0 aliphatic carbocycles. The number of fused-ring (bicyclic) bond motifs is 2. The van der Waals surface area contributed by atoms with Crippen molar-refractivity contribution in [1.82, 2.24) is 9.80 Å². The number of hydrogen-bond donors (Lipinski definition) is 0. The number of benzene rings is 2. The Morgan fingerprint density at radius 2 is 1.67 bits per heavy atom. The van der Waals surface area contributed by atoms with Gasteiger partial charge < -0.3 is 24.0 Å². The van der Waals surface area contributed by atoms with E-state index in [1.165, 1.54) is 26.9 Å². The van der Waals surface area contributed by atoms with Crippen molar-refractivity contribution in [1.29, 1.82) is 0 Å². The van der Waals surface area contributed by atoms with E-state index >= 15 is 8.78 Å². The molecule has 7 nitrogen and oxygen atoms in total. The van der Waals surface area contributed by atoms with Crippen LogP contribution >= 0.6 is 0 Å². The van der Waals surface area contributed by atoms with E-state index in [4.69, 9.17) is 14.2 Å². The number of alkyl halides is 2. The predicted octanol–water partition coefficient (Wildman–Crippen LogP) is 4.03. The van der Waals surface area contributed by atoms with E-state index in [-0.39, 0.29) is 29.7 Å². The van der Waals surface area contributed by atoms with E-state index in [1.807, 2.05) is 18.2 Å². The molecule has 2 aliphatic rings. The van der Waals surface area contributed by atoms with Gasteiger partial charge >= 0.3 is 5.92 Å². The first-order valence-electron chi connectivity index (χ1n) is 12.2. The number of rotatable bonds is 10. The molecule has 2 amide bonds. The minimum atomic E-state index is -3.87. The molecule has 2 aromatic rings. The van der Waals surface area contributed by atoms with Gasteiger partial charge in [-0.1, -0.05) is 30.3 Å². The van der Waals surface area contributed by atoms with E-state index in [0.717, 1.165) is 36.3 Å². The number of hydrogen-bond acceptors (Lipinski definition) is 5. The smallest absolute Gasteiger partial charge is 0.350 e. The number of carbonyl (C=O) groups is 2. The lowest BCUT2D eigenvalue weighted by Crippen LogP contribution is -2.61. The number of unbranched alkanes of at least 4 members (excludes halogenated alkanes) is 1. The topological polar surface area (TPSA) is 68.3 Å². The maximum Gasteiger partial charge on any atom is 0.350 e. The monoisotopic (exact) mass is 502 g/mol. The average Bonchev–Trinajstić information content (AvgIpc) is 3.24. The van der Waals surface area contributed by atoms with Crippen LogP contribution in [0, 0.1) is 0 Å². The summed E-state index contributed by atoms with van der Waals surface area (Å²) >= 11 is 0. The highest BCUT2D eigenvalue weighted by atomic mass is 19.3. The summed E-state index contributed by atoms with van der Waals surface area (Å²) < 4.78 is 46.6. The van der Waals surface area contributed by atoms with Crippen LogP contribution in [0.3, 0.4) is 0 Å². The van der Waals surface area contributed by atoms with Gasteiger partial charge in [-0.15, -0.1) is 0 Å². The number of piperazine rings is 1. The summed E-state index contributed by atoms with van der Waals surface area (Å²) in [6.45, 7) is 0.835. The van der Waals surface area contributed by atoms with E-state index in [2.05, 4.69) is 12.1 Å². The van der Waals surface area contributed by atoms with Crippen LogP contribution in [0.1, 0.15) is 36.8 Å². The van der Waals surface area contributed by atoms with Crippen LogP contribution in [0.5, 0.6) is 17.2 Å². The molecule has 9 heteroatoms. The van der Waals surface area contributed by atoms with E-state index in [0.29, 0.717) is 19.4 Å². The molecule has 4 rings (SSSR count). The second kappa shape index (κ2) is 10.7. The molecular formula is C27H32F2N2O5. The van der Waals surface area contributed by atoms with Gasteiger partial charge in [0.05, 0.1) is 27.4 Å². The van der Waals surface area contributed by atoms with Crippen molar-refractivity contribution < 1.29 is 32.6 Å². The Balaban J connectivity index is 1.45. The van der Waals surface area contributed by atoms with E-state index in [1.54, 1.807) is 4.90 Å². The molecular weight excluding hydrogens is 470 g/mol. The third-order valence-electron chi connectivity index (χ3n) is 7.05. The van der Waals surface area contributed by atoms with Crippen LogP contribution in [-0.2, 0) is 21.9 Å². The maximum atomic E-state index is 15.5. The summed E-state index contributed by atoms with van der Waals surface area (Å²) in [7, 11) is 4.01. The molecule has 36 heavy (non-hydrogen) atoms. The Hall–Kier alpha value is -3.36. The molecule has 2 bridgehead atoms. The second-order valence-electron chi connectivity index (χ2n) is 9.17. The zero-order valence-electron chi connectivity index (χ0n) is 20.8. The number of carbonyl (C=O) groups excluding carboxylic acids is 2. The Morgan fingerprint density at radius 3 is 2.28 bits per heavy atom. The molecule has 2 fully saturated rings. The van der Waals surface area contributed by atoms with Crippen molar-refractivity contribution in [2.24, 2.45) is 0 Å². The van der Waals surface area contributed by atoms with Crippen molar-refractivity contribution in [2.75, 3.05) is 34.4 Å². The third-order valence-corrected chi connectivity index (χ3v) is 7.05. The zero-order valence-corrected chi connectivity index (χ0v) is 20.8. The molecule has 0 saturated carbocycles. The average molecular weight is 503 g/mol. The number of halogens is 2. The van der Waals surface area contributed by atoms with Crippen molar-refractivity contribution >= 4 is 11.8 Å². The molecule has 2 aliphatic heterocycles. The summed E-state index contributed by atoms with van der Waals surface area (Å²) in [6.07, 6.45) is 3.57. The van der Waals surface area contributed by atoms with Crippen molar-refractivity contribution in [2.45, 2.75) is 50.1 Å². The molecule has 194 valence electrons. The van der Waals surface area contributed by atoms with Crippen LogP contribution in [0.4, 0.5) is 8.78 Å². The van der Waals surface area contributed by atoms with Crippen molar-refractivity contribution in [3.05, 3.63) is 53.6 Å². The molecule has 2 atom stereocenters. The summed E-state index contributed by atoms with van der Waals surface area (Å²) in [5.74, 6) is -5.29. The number of amides is 2. The fourth-order valence-electron chi connectivity index (χ4n) is 5.19. The van der Waals surface area contributed by atoms with Gasteiger partial charge in [0.2, 0.25) is 11.7 Å². The Labute approximate surface area is 209 Å². The molecule has 0 radical (unpaired) electrons. The van der Waals surface area contributed by atoms with E-state index in [9.17, 15) is 9.59 Å². The molecule has 0 N–H and O–H groups in total. The van der Waals surface area contributed by atoms with Gasteiger partial charge in [-0.25, -0.2) is 0 Å². The maximum absolute atomic E-state index is 15.5. The number of likely N-dealkylation sites (tertiary alicyclic amines) is 1. The predicted molar refractivity (Wildman–Crippen MR) is 130 cm³/mol. The zero-order chi connectivity index (χ0) is 25.9. The Kier molecular flexibility index (Phi) is 7.66. The van der Waals surface area contributed by atoms with Gasteiger partial charge in [0.15, 0.2) is 11.5 Å². The van der Waals surface area contributed by atoms with Crippen molar-refractivity contribution in [3.8, 4) is 17.2 Å². The Morgan fingerprint density at radius 1 is 1.00 bits per heavy atom. The summed E-state index contributed by atoms with van der Waals surface area (Å²) in [5, 5.41) is 0. The Bertz CT molecular complexity index is 1070. The van der Waals surface area contributed by atoms with Gasteiger partial charge in [0.1, 0.15) is 6.04 Å². The minimum Gasteiger partial charge on any atom is -0.493 e. The standard InChI is InChI=1S/C27H32F2N2O5/c1-34-22-15-19(16-23(35-2)24(22)36-3)27(28,29)26(33)31-20-12-13-21(31)25(32)30(17-20)14-8-7-11-18-9-5-4-6-10-18/h4-6,9-10,15-16,20-21H,7-8,11-14,17H2,1-3H3.